The van der Waals surface area contributed by atoms with Crippen molar-refractivity contribution >= 4 is 54.2 Å². The maximum atomic E-state index is 12.3. The largest absolute Gasteiger partial charge is 0.345 e. The van der Waals surface area contributed by atoms with Crippen LogP contribution in [-0.2, 0) is 14.8 Å². The summed E-state index contributed by atoms with van der Waals surface area (Å²) >= 11 is 7.79. The van der Waals surface area contributed by atoms with Gasteiger partial charge >= 0.3 is 0 Å². The Morgan fingerprint density at radius 2 is 1.96 bits per heavy atom. The third-order valence-corrected chi connectivity index (χ3v) is 7.32. The molecule has 0 spiro atoms. The number of thiazole rings is 1. The number of amides is 1. The van der Waals surface area contributed by atoms with Gasteiger partial charge in [0.15, 0.2) is 5.13 Å². The van der Waals surface area contributed by atoms with E-state index in [0.29, 0.717) is 31.2 Å². The number of sulfonamides is 1. The fraction of sp³-hybridized carbons (Fsp3) is 0.500. The van der Waals surface area contributed by atoms with Gasteiger partial charge in [-0.25, -0.2) is 13.4 Å². The highest BCUT2D eigenvalue weighted by Crippen LogP contribution is 2.33. The molecule has 7 nitrogen and oxygen atoms in total. The van der Waals surface area contributed by atoms with Crippen LogP contribution in [0.1, 0.15) is 5.56 Å². The molecule has 0 atom stereocenters. The SMILES string of the molecule is Cc1c(Cl)ccc2sc(N3CCN(C(=O)CN(C)S(C)(=O)=O)CC3)nc12. The molecule has 1 aromatic heterocycles. The number of carbonyl (C=O) groups excluding carboxylic acids is 1. The summed E-state index contributed by atoms with van der Waals surface area (Å²) in [5, 5.41) is 1.63. The number of likely N-dealkylation sites (N-methyl/N-ethyl adjacent to an activating group) is 1. The standard InChI is InChI=1S/C16H21ClN4O3S2/c1-11-12(17)4-5-13-15(11)18-16(25-13)21-8-6-20(7-9-21)14(22)10-19(2)26(3,23)24/h4-5H,6-10H2,1-3H3. The minimum Gasteiger partial charge on any atom is -0.345 e. The lowest BCUT2D eigenvalue weighted by atomic mass is 10.2. The summed E-state index contributed by atoms with van der Waals surface area (Å²) in [4.78, 5) is 20.9. The number of benzene rings is 1. The van der Waals surface area contributed by atoms with Gasteiger partial charge < -0.3 is 9.80 Å². The van der Waals surface area contributed by atoms with Gasteiger partial charge in [-0.05, 0) is 24.6 Å². The Balaban J connectivity index is 1.65. The molecular formula is C16H21ClN4O3S2. The molecule has 1 saturated heterocycles. The van der Waals surface area contributed by atoms with Crippen molar-refractivity contribution in [2.75, 3.05) is 50.9 Å². The van der Waals surface area contributed by atoms with Crippen LogP contribution >= 0.6 is 22.9 Å². The van der Waals surface area contributed by atoms with E-state index in [4.69, 9.17) is 16.6 Å². The first-order valence-electron chi connectivity index (χ1n) is 8.16. The summed E-state index contributed by atoms with van der Waals surface area (Å²) in [5.41, 5.74) is 1.90. The summed E-state index contributed by atoms with van der Waals surface area (Å²) in [6.07, 6.45) is 1.10. The van der Waals surface area contributed by atoms with Crippen LogP contribution in [-0.4, -0.2) is 74.5 Å². The molecule has 3 rings (SSSR count). The molecule has 1 aliphatic heterocycles. The Hall–Kier alpha value is -1.42. The van der Waals surface area contributed by atoms with Gasteiger partial charge in [0.25, 0.3) is 0 Å². The van der Waals surface area contributed by atoms with Crippen LogP contribution in [0.15, 0.2) is 12.1 Å². The molecule has 1 fully saturated rings. The van der Waals surface area contributed by atoms with Gasteiger partial charge in [0.1, 0.15) is 0 Å². The molecule has 1 aliphatic rings. The van der Waals surface area contributed by atoms with E-state index in [1.807, 2.05) is 19.1 Å². The highest BCUT2D eigenvalue weighted by molar-refractivity contribution is 7.88. The number of nitrogens with zero attached hydrogens (tertiary/aromatic N) is 4. The molecule has 26 heavy (non-hydrogen) atoms. The molecule has 2 heterocycles. The van der Waals surface area contributed by atoms with E-state index in [1.54, 1.807) is 16.2 Å². The van der Waals surface area contributed by atoms with Gasteiger partial charge in [0, 0.05) is 38.2 Å². The molecule has 0 saturated carbocycles. The second kappa shape index (κ2) is 7.30. The van der Waals surface area contributed by atoms with Crippen LogP contribution in [0, 0.1) is 6.92 Å². The monoisotopic (exact) mass is 416 g/mol. The molecule has 0 bridgehead atoms. The molecule has 1 amide bonds. The quantitative estimate of drug-likeness (QED) is 0.759. The second-order valence-corrected chi connectivity index (χ2v) is 9.91. The third kappa shape index (κ3) is 3.95. The number of hydrogen-bond donors (Lipinski definition) is 0. The fourth-order valence-electron chi connectivity index (χ4n) is 2.78. The average molecular weight is 417 g/mol. The Bertz CT molecular complexity index is 936. The molecule has 10 heteroatoms. The summed E-state index contributed by atoms with van der Waals surface area (Å²) in [6.45, 7) is 4.26. The number of piperazine rings is 1. The first kappa shape index (κ1) is 19.3. The van der Waals surface area contributed by atoms with Gasteiger partial charge in [0.2, 0.25) is 15.9 Å². The minimum absolute atomic E-state index is 0.127. The average Bonchev–Trinajstić information content (AvgIpc) is 3.02. The number of hydrogen-bond acceptors (Lipinski definition) is 6. The van der Waals surface area contributed by atoms with Gasteiger partial charge in [0.05, 0.1) is 23.0 Å². The van der Waals surface area contributed by atoms with E-state index < -0.39 is 10.0 Å². The number of anilines is 1. The summed E-state index contributed by atoms with van der Waals surface area (Å²) < 4.78 is 25.1. The van der Waals surface area contributed by atoms with Crippen molar-refractivity contribution in [2.24, 2.45) is 0 Å². The van der Waals surface area contributed by atoms with E-state index in [1.165, 1.54) is 7.05 Å². The van der Waals surface area contributed by atoms with Crippen molar-refractivity contribution in [3.63, 3.8) is 0 Å². The van der Waals surface area contributed by atoms with Crippen LogP contribution in [0.25, 0.3) is 10.2 Å². The molecular weight excluding hydrogens is 396 g/mol. The lowest BCUT2D eigenvalue weighted by molar-refractivity contribution is -0.131. The third-order valence-electron chi connectivity index (χ3n) is 4.56. The Kier molecular flexibility index (Phi) is 5.43. The minimum atomic E-state index is -3.36. The van der Waals surface area contributed by atoms with Crippen LogP contribution in [0.3, 0.4) is 0 Å². The molecule has 142 valence electrons. The number of rotatable bonds is 4. The predicted molar refractivity (Wildman–Crippen MR) is 106 cm³/mol. The first-order valence-corrected chi connectivity index (χ1v) is 11.2. The Labute approximate surface area is 162 Å². The number of aromatic nitrogens is 1. The van der Waals surface area contributed by atoms with Crippen molar-refractivity contribution in [2.45, 2.75) is 6.92 Å². The van der Waals surface area contributed by atoms with E-state index >= 15 is 0 Å². The lowest BCUT2D eigenvalue weighted by Crippen LogP contribution is -2.51. The van der Waals surface area contributed by atoms with E-state index in [2.05, 4.69) is 4.90 Å². The number of fused-ring (bicyclic) bond motifs is 1. The van der Waals surface area contributed by atoms with Crippen molar-refractivity contribution in [1.82, 2.24) is 14.2 Å². The molecule has 0 aliphatic carbocycles. The topological polar surface area (TPSA) is 73.8 Å². The van der Waals surface area contributed by atoms with Crippen LogP contribution < -0.4 is 4.90 Å². The maximum Gasteiger partial charge on any atom is 0.238 e. The number of halogens is 1. The predicted octanol–water partition coefficient (Wildman–Crippen LogP) is 1.80. The summed E-state index contributed by atoms with van der Waals surface area (Å²) in [5.74, 6) is -0.176. The lowest BCUT2D eigenvalue weighted by Gasteiger charge is -2.35. The normalized spacial score (nSPS) is 15.9. The zero-order chi connectivity index (χ0) is 19.1. The summed E-state index contributed by atoms with van der Waals surface area (Å²) in [6, 6.07) is 3.86. The highest BCUT2D eigenvalue weighted by atomic mass is 35.5. The number of aryl methyl sites for hydroxylation is 1. The van der Waals surface area contributed by atoms with E-state index in [0.717, 1.165) is 31.5 Å². The van der Waals surface area contributed by atoms with Crippen LogP contribution in [0.4, 0.5) is 5.13 Å². The van der Waals surface area contributed by atoms with Crippen LogP contribution in [0.2, 0.25) is 5.02 Å². The van der Waals surface area contributed by atoms with Crippen molar-refractivity contribution < 1.29 is 13.2 Å². The molecule has 0 N–H and O–H groups in total. The zero-order valence-electron chi connectivity index (χ0n) is 14.9. The van der Waals surface area contributed by atoms with Gasteiger partial charge in [-0.1, -0.05) is 22.9 Å². The van der Waals surface area contributed by atoms with Gasteiger partial charge in [-0.15, -0.1) is 0 Å². The van der Waals surface area contributed by atoms with Crippen molar-refractivity contribution in [1.29, 1.82) is 0 Å². The number of carbonyl (C=O) groups is 1. The van der Waals surface area contributed by atoms with Gasteiger partial charge in [-0.2, -0.15) is 4.31 Å². The second-order valence-electron chi connectivity index (χ2n) is 6.40. The smallest absolute Gasteiger partial charge is 0.238 e. The van der Waals surface area contributed by atoms with E-state index in [9.17, 15) is 13.2 Å². The van der Waals surface area contributed by atoms with Crippen molar-refractivity contribution in [3.8, 4) is 0 Å². The van der Waals surface area contributed by atoms with Gasteiger partial charge in [-0.3, -0.25) is 4.79 Å². The zero-order valence-corrected chi connectivity index (χ0v) is 17.3. The first-order chi connectivity index (χ1) is 12.2. The Morgan fingerprint density at radius 1 is 1.31 bits per heavy atom. The molecule has 0 radical (unpaired) electrons. The molecule has 0 unspecified atom stereocenters. The van der Waals surface area contributed by atoms with Crippen molar-refractivity contribution in [3.05, 3.63) is 22.7 Å². The fourth-order valence-corrected chi connectivity index (χ4v) is 4.35. The Morgan fingerprint density at radius 3 is 2.58 bits per heavy atom. The maximum absolute atomic E-state index is 12.3. The van der Waals surface area contributed by atoms with E-state index in [-0.39, 0.29) is 12.5 Å². The highest BCUT2D eigenvalue weighted by Gasteiger charge is 2.25. The molecule has 1 aromatic carbocycles. The van der Waals surface area contributed by atoms with Crippen LogP contribution in [0.5, 0.6) is 0 Å². The molecule has 2 aromatic rings. The summed E-state index contributed by atoms with van der Waals surface area (Å²) in [7, 11) is -1.94.